The molecule has 0 aliphatic heterocycles. The first-order valence-corrected chi connectivity index (χ1v) is 8.29. The summed E-state index contributed by atoms with van der Waals surface area (Å²) in [5, 5.41) is 3.42. The van der Waals surface area contributed by atoms with Crippen molar-refractivity contribution in [2.75, 3.05) is 5.32 Å². The highest BCUT2D eigenvalue weighted by atomic mass is 35.5. The topological polar surface area (TPSA) is 59.1 Å². The highest BCUT2D eigenvalue weighted by Crippen LogP contribution is 2.14. The van der Waals surface area contributed by atoms with Gasteiger partial charge in [-0.15, -0.1) is 0 Å². The smallest absolute Gasteiger partial charge is 0.257 e. The van der Waals surface area contributed by atoms with Gasteiger partial charge >= 0.3 is 0 Å². The molecule has 0 spiro atoms. The van der Waals surface area contributed by atoms with Gasteiger partial charge in [-0.2, -0.15) is 0 Å². The summed E-state index contributed by atoms with van der Waals surface area (Å²) >= 11 is 5.84. The maximum Gasteiger partial charge on any atom is 0.257 e. The SMILES string of the molecule is O=C(C=Cc1ccc(Cl)cc1)c1ccc(NC(=O)c2cccnc2)cc1. The van der Waals surface area contributed by atoms with E-state index in [-0.39, 0.29) is 11.7 Å². The van der Waals surface area contributed by atoms with Gasteiger partial charge in [-0.3, -0.25) is 14.6 Å². The predicted octanol–water partition coefficient (Wildman–Crippen LogP) is 4.88. The fraction of sp³-hybridized carbons (Fsp3) is 0. The lowest BCUT2D eigenvalue weighted by Crippen LogP contribution is -2.12. The first-order chi connectivity index (χ1) is 12.6. The fourth-order valence-electron chi connectivity index (χ4n) is 2.26. The summed E-state index contributed by atoms with van der Waals surface area (Å²) in [4.78, 5) is 28.2. The van der Waals surface area contributed by atoms with E-state index >= 15 is 0 Å². The molecule has 1 N–H and O–H groups in total. The van der Waals surface area contributed by atoms with Gasteiger partial charge < -0.3 is 5.32 Å². The van der Waals surface area contributed by atoms with E-state index in [0.717, 1.165) is 5.56 Å². The molecule has 0 saturated heterocycles. The monoisotopic (exact) mass is 362 g/mol. The Morgan fingerprint density at radius 3 is 2.31 bits per heavy atom. The van der Waals surface area contributed by atoms with E-state index in [0.29, 0.717) is 21.8 Å². The molecule has 2 aromatic carbocycles. The van der Waals surface area contributed by atoms with E-state index in [4.69, 9.17) is 11.6 Å². The van der Waals surface area contributed by atoms with Crippen molar-refractivity contribution in [1.82, 2.24) is 4.98 Å². The summed E-state index contributed by atoms with van der Waals surface area (Å²) in [6, 6.07) is 17.3. The third-order valence-electron chi connectivity index (χ3n) is 3.65. The summed E-state index contributed by atoms with van der Waals surface area (Å²) in [5.41, 5.74) is 2.51. The molecular formula is C21H15ClN2O2. The number of allylic oxidation sites excluding steroid dienone is 1. The van der Waals surface area contributed by atoms with Gasteiger partial charge in [0.2, 0.25) is 0 Å². The number of hydrogen-bond donors (Lipinski definition) is 1. The summed E-state index contributed by atoms with van der Waals surface area (Å²) in [6.45, 7) is 0. The van der Waals surface area contributed by atoms with E-state index < -0.39 is 0 Å². The number of carbonyl (C=O) groups is 2. The predicted molar refractivity (Wildman–Crippen MR) is 103 cm³/mol. The first-order valence-electron chi connectivity index (χ1n) is 7.91. The summed E-state index contributed by atoms with van der Waals surface area (Å²) < 4.78 is 0. The van der Waals surface area contributed by atoms with Crippen LogP contribution in [0.2, 0.25) is 5.02 Å². The Labute approximate surface area is 156 Å². The second-order valence-electron chi connectivity index (χ2n) is 5.52. The molecule has 0 atom stereocenters. The maximum atomic E-state index is 12.2. The number of nitrogens with zero attached hydrogens (tertiary/aromatic N) is 1. The summed E-state index contributed by atoms with van der Waals surface area (Å²) in [6.07, 6.45) is 6.34. The second-order valence-corrected chi connectivity index (χ2v) is 5.96. The van der Waals surface area contributed by atoms with Gasteiger partial charge in [0.15, 0.2) is 5.78 Å². The lowest BCUT2D eigenvalue weighted by Gasteiger charge is -2.05. The standard InChI is InChI=1S/C21H15ClN2O2/c22-18-8-3-15(4-9-18)5-12-20(25)16-6-10-19(11-7-16)24-21(26)17-2-1-13-23-14-17/h1-14H,(H,24,26). The van der Waals surface area contributed by atoms with Gasteiger partial charge in [0.1, 0.15) is 0 Å². The van der Waals surface area contributed by atoms with Crippen LogP contribution in [-0.2, 0) is 0 Å². The molecule has 4 nitrogen and oxygen atoms in total. The quantitative estimate of drug-likeness (QED) is 0.519. The van der Waals surface area contributed by atoms with Crippen LogP contribution in [0.3, 0.4) is 0 Å². The Bertz CT molecular complexity index is 934. The first kappa shape index (κ1) is 17.6. The number of carbonyl (C=O) groups excluding carboxylic acids is 2. The van der Waals surface area contributed by atoms with Crippen LogP contribution >= 0.6 is 11.6 Å². The van der Waals surface area contributed by atoms with Crippen LogP contribution in [0.5, 0.6) is 0 Å². The van der Waals surface area contributed by atoms with Crippen LogP contribution in [0.25, 0.3) is 6.08 Å². The largest absolute Gasteiger partial charge is 0.322 e. The van der Waals surface area contributed by atoms with Crippen LogP contribution in [0.15, 0.2) is 79.1 Å². The number of nitrogens with one attached hydrogen (secondary N) is 1. The van der Waals surface area contributed by atoms with Crippen molar-refractivity contribution >= 4 is 35.1 Å². The van der Waals surface area contributed by atoms with Gasteiger partial charge in [-0.05, 0) is 60.2 Å². The third-order valence-corrected chi connectivity index (χ3v) is 3.90. The van der Waals surface area contributed by atoms with Crippen LogP contribution in [-0.4, -0.2) is 16.7 Å². The van der Waals surface area contributed by atoms with Crippen LogP contribution in [0.1, 0.15) is 26.3 Å². The van der Waals surface area contributed by atoms with Gasteiger partial charge in [0.25, 0.3) is 5.91 Å². The van der Waals surface area contributed by atoms with Gasteiger partial charge in [0, 0.05) is 28.7 Å². The molecule has 1 amide bonds. The van der Waals surface area contributed by atoms with Crippen molar-refractivity contribution in [1.29, 1.82) is 0 Å². The molecule has 3 rings (SSSR count). The normalized spacial score (nSPS) is 10.7. The highest BCUT2D eigenvalue weighted by Gasteiger charge is 2.07. The molecule has 0 fully saturated rings. The van der Waals surface area contributed by atoms with Crippen LogP contribution in [0, 0.1) is 0 Å². The minimum absolute atomic E-state index is 0.120. The Hall–Kier alpha value is -3.24. The molecule has 0 bridgehead atoms. The molecular weight excluding hydrogens is 348 g/mol. The number of rotatable bonds is 5. The number of pyridine rings is 1. The summed E-state index contributed by atoms with van der Waals surface area (Å²) in [7, 11) is 0. The highest BCUT2D eigenvalue weighted by molar-refractivity contribution is 6.30. The molecule has 0 aliphatic rings. The van der Waals surface area contributed by atoms with Crippen LogP contribution < -0.4 is 5.32 Å². The zero-order valence-corrected chi connectivity index (χ0v) is 14.5. The van der Waals surface area contributed by atoms with E-state index in [1.165, 1.54) is 12.3 Å². The third kappa shape index (κ3) is 4.65. The minimum Gasteiger partial charge on any atom is -0.322 e. The number of ketones is 1. The number of amides is 1. The van der Waals surface area contributed by atoms with Gasteiger partial charge in [-0.25, -0.2) is 0 Å². The van der Waals surface area contributed by atoms with E-state index in [2.05, 4.69) is 10.3 Å². The number of halogens is 1. The lowest BCUT2D eigenvalue weighted by atomic mass is 10.1. The average molecular weight is 363 g/mol. The molecule has 26 heavy (non-hydrogen) atoms. The zero-order valence-electron chi connectivity index (χ0n) is 13.7. The zero-order chi connectivity index (χ0) is 18.4. The number of aromatic nitrogens is 1. The Morgan fingerprint density at radius 1 is 0.923 bits per heavy atom. The Kier molecular flexibility index (Phi) is 5.56. The van der Waals surface area contributed by atoms with E-state index in [1.54, 1.807) is 60.8 Å². The molecule has 1 heterocycles. The van der Waals surface area contributed by atoms with Crippen molar-refractivity contribution in [3.63, 3.8) is 0 Å². The Morgan fingerprint density at radius 2 is 1.65 bits per heavy atom. The van der Waals surface area contributed by atoms with Crippen molar-refractivity contribution in [2.45, 2.75) is 0 Å². The van der Waals surface area contributed by atoms with E-state index in [1.807, 2.05) is 12.1 Å². The number of hydrogen-bond acceptors (Lipinski definition) is 3. The molecule has 0 aliphatic carbocycles. The van der Waals surface area contributed by atoms with Gasteiger partial charge in [0.05, 0.1) is 5.56 Å². The number of benzene rings is 2. The lowest BCUT2D eigenvalue weighted by molar-refractivity contribution is 0.102. The molecule has 5 heteroatoms. The molecule has 3 aromatic rings. The minimum atomic E-state index is -0.250. The van der Waals surface area contributed by atoms with Crippen LogP contribution in [0.4, 0.5) is 5.69 Å². The van der Waals surface area contributed by atoms with Crippen molar-refractivity contribution in [3.8, 4) is 0 Å². The molecule has 1 aromatic heterocycles. The average Bonchev–Trinajstić information content (AvgIpc) is 2.68. The molecule has 128 valence electrons. The molecule has 0 radical (unpaired) electrons. The summed E-state index contributed by atoms with van der Waals surface area (Å²) in [5.74, 6) is -0.370. The second kappa shape index (κ2) is 8.23. The maximum absolute atomic E-state index is 12.2. The van der Waals surface area contributed by atoms with E-state index in [9.17, 15) is 9.59 Å². The molecule has 0 unspecified atom stereocenters. The van der Waals surface area contributed by atoms with Crippen molar-refractivity contribution in [3.05, 3.63) is 101 Å². The van der Waals surface area contributed by atoms with Crippen molar-refractivity contribution < 1.29 is 9.59 Å². The number of anilines is 1. The van der Waals surface area contributed by atoms with Gasteiger partial charge in [-0.1, -0.05) is 29.8 Å². The van der Waals surface area contributed by atoms with Crippen molar-refractivity contribution in [2.24, 2.45) is 0 Å². The fourth-order valence-corrected chi connectivity index (χ4v) is 2.39. The Balaban J connectivity index is 1.64. The molecule has 0 saturated carbocycles.